The van der Waals surface area contributed by atoms with Gasteiger partial charge < -0.3 is 9.84 Å². The van der Waals surface area contributed by atoms with Gasteiger partial charge in [0.2, 0.25) is 10.0 Å². The van der Waals surface area contributed by atoms with Crippen LogP contribution in [0.4, 0.5) is 0 Å². The summed E-state index contributed by atoms with van der Waals surface area (Å²) in [5.74, 6) is 0. The lowest BCUT2D eigenvalue weighted by Gasteiger charge is -2.35. The Labute approximate surface area is 155 Å². The zero-order valence-corrected chi connectivity index (χ0v) is 15.7. The van der Waals surface area contributed by atoms with Crippen LogP contribution in [0.15, 0.2) is 59.5 Å². The van der Waals surface area contributed by atoms with Gasteiger partial charge in [-0.3, -0.25) is 0 Å². The first-order chi connectivity index (χ1) is 12.5. The van der Waals surface area contributed by atoms with E-state index in [9.17, 15) is 13.5 Å². The predicted octanol–water partition coefficient (Wildman–Crippen LogP) is 2.77. The number of aliphatic hydroxyl groups is 1. The van der Waals surface area contributed by atoms with E-state index >= 15 is 0 Å². The van der Waals surface area contributed by atoms with Crippen molar-refractivity contribution in [1.29, 1.82) is 0 Å². The first-order valence-electron chi connectivity index (χ1n) is 8.88. The number of hydrogen-bond donors (Lipinski definition) is 2. The van der Waals surface area contributed by atoms with Crippen molar-refractivity contribution in [3.63, 3.8) is 0 Å². The molecule has 0 spiro atoms. The van der Waals surface area contributed by atoms with Gasteiger partial charge in [0.1, 0.15) is 0 Å². The molecule has 0 aliphatic heterocycles. The fraction of sp³-hybridized carbons (Fsp3) is 0.400. The van der Waals surface area contributed by atoms with Crippen LogP contribution in [0.3, 0.4) is 0 Å². The molecule has 1 aliphatic rings. The molecule has 2 aromatic rings. The summed E-state index contributed by atoms with van der Waals surface area (Å²) in [6, 6.07) is 15.8. The molecule has 140 valence electrons. The van der Waals surface area contributed by atoms with Gasteiger partial charge in [-0.2, -0.15) is 0 Å². The maximum absolute atomic E-state index is 12.7. The Hall–Kier alpha value is -1.73. The second-order valence-corrected chi connectivity index (χ2v) is 8.51. The summed E-state index contributed by atoms with van der Waals surface area (Å²) in [5, 5.41) is 10.4. The van der Waals surface area contributed by atoms with Crippen LogP contribution in [0.1, 0.15) is 30.4 Å². The van der Waals surface area contributed by atoms with Crippen LogP contribution in [0.25, 0.3) is 0 Å². The lowest BCUT2D eigenvalue weighted by atomic mass is 9.90. The van der Waals surface area contributed by atoms with Crippen LogP contribution in [-0.4, -0.2) is 31.8 Å². The monoisotopic (exact) mass is 375 g/mol. The molecule has 2 N–H and O–H groups in total. The summed E-state index contributed by atoms with van der Waals surface area (Å²) in [7, 11) is -3.72. The van der Waals surface area contributed by atoms with E-state index in [1.54, 1.807) is 24.3 Å². The lowest BCUT2D eigenvalue weighted by Crippen LogP contribution is -2.53. The first-order valence-corrected chi connectivity index (χ1v) is 10.4. The van der Waals surface area contributed by atoms with Gasteiger partial charge in [-0.1, -0.05) is 48.0 Å². The van der Waals surface area contributed by atoms with E-state index in [1.165, 1.54) is 0 Å². The number of aliphatic hydroxyl groups excluding tert-OH is 1. The Morgan fingerprint density at radius 1 is 1.08 bits per heavy atom. The van der Waals surface area contributed by atoms with Crippen molar-refractivity contribution in [3.8, 4) is 0 Å². The van der Waals surface area contributed by atoms with Crippen LogP contribution in [0.5, 0.6) is 0 Å². The van der Waals surface area contributed by atoms with Gasteiger partial charge in [0.15, 0.2) is 0 Å². The van der Waals surface area contributed by atoms with E-state index in [4.69, 9.17) is 4.74 Å². The minimum Gasteiger partial charge on any atom is -0.391 e. The van der Waals surface area contributed by atoms with E-state index in [-0.39, 0.29) is 11.0 Å². The van der Waals surface area contributed by atoms with E-state index in [1.807, 2.05) is 37.3 Å². The maximum atomic E-state index is 12.7. The second-order valence-electron chi connectivity index (χ2n) is 6.79. The third-order valence-corrected chi connectivity index (χ3v) is 6.21. The highest BCUT2D eigenvalue weighted by atomic mass is 32.2. The van der Waals surface area contributed by atoms with Gasteiger partial charge in [-0.05, 0) is 43.9 Å². The zero-order chi connectivity index (χ0) is 18.6. The van der Waals surface area contributed by atoms with E-state index in [0.717, 1.165) is 17.5 Å². The highest BCUT2D eigenvalue weighted by molar-refractivity contribution is 7.89. The molecule has 1 fully saturated rings. The number of benzene rings is 2. The van der Waals surface area contributed by atoms with Crippen molar-refractivity contribution in [3.05, 3.63) is 65.7 Å². The molecule has 3 rings (SSSR count). The average molecular weight is 375 g/mol. The number of hydrogen-bond acceptors (Lipinski definition) is 4. The van der Waals surface area contributed by atoms with Crippen LogP contribution in [0.2, 0.25) is 0 Å². The maximum Gasteiger partial charge on any atom is 0.240 e. The molecule has 2 aromatic carbocycles. The van der Waals surface area contributed by atoms with Gasteiger partial charge in [-0.25, -0.2) is 13.1 Å². The van der Waals surface area contributed by atoms with Crippen molar-refractivity contribution in [2.24, 2.45) is 0 Å². The Bertz CT molecular complexity index is 805. The smallest absolute Gasteiger partial charge is 0.240 e. The van der Waals surface area contributed by atoms with Gasteiger partial charge in [-0.15, -0.1) is 0 Å². The van der Waals surface area contributed by atoms with E-state index in [2.05, 4.69) is 4.72 Å². The predicted molar refractivity (Wildman–Crippen MR) is 100 cm³/mol. The highest BCUT2D eigenvalue weighted by Crippen LogP contribution is 2.25. The standard InChI is InChI=1S/C20H25NO4S/c1-15-10-12-17(13-11-15)26(23,24)21-20-18(22)8-5-9-19(20)25-14-16-6-3-2-4-7-16/h2-4,6-7,10-13,18-22H,5,8-9,14H2,1H3/t18-,19+,20+/m0/s1. The number of aryl methyl sites for hydroxylation is 1. The van der Waals surface area contributed by atoms with Gasteiger partial charge >= 0.3 is 0 Å². The summed E-state index contributed by atoms with van der Waals surface area (Å²) in [6.45, 7) is 2.29. The van der Waals surface area contributed by atoms with Crippen LogP contribution < -0.4 is 4.72 Å². The largest absolute Gasteiger partial charge is 0.391 e. The summed E-state index contributed by atoms with van der Waals surface area (Å²) in [4.78, 5) is 0.197. The zero-order valence-electron chi connectivity index (χ0n) is 14.8. The van der Waals surface area contributed by atoms with Gasteiger partial charge in [0, 0.05) is 0 Å². The molecular formula is C20H25NO4S. The van der Waals surface area contributed by atoms with Crippen molar-refractivity contribution in [1.82, 2.24) is 4.72 Å². The summed E-state index contributed by atoms with van der Waals surface area (Å²) >= 11 is 0. The SMILES string of the molecule is Cc1ccc(S(=O)(=O)N[C@@H]2[C@@H](O)CCC[C@H]2OCc2ccccc2)cc1. The molecule has 0 amide bonds. The fourth-order valence-corrected chi connectivity index (χ4v) is 4.52. The van der Waals surface area contributed by atoms with E-state index < -0.39 is 22.2 Å². The summed E-state index contributed by atoms with van der Waals surface area (Å²) < 4.78 is 34.0. The highest BCUT2D eigenvalue weighted by Gasteiger charge is 2.36. The molecule has 0 radical (unpaired) electrons. The molecule has 0 bridgehead atoms. The Kier molecular flexibility index (Phi) is 6.09. The van der Waals surface area contributed by atoms with Crippen LogP contribution in [-0.2, 0) is 21.4 Å². The molecule has 0 unspecified atom stereocenters. The quantitative estimate of drug-likeness (QED) is 0.814. The molecule has 5 nitrogen and oxygen atoms in total. The topological polar surface area (TPSA) is 75.6 Å². The second kappa shape index (κ2) is 8.31. The summed E-state index contributed by atoms with van der Waals surface area (Å²) in [6.07, 6.45) is 0.963. The third-order valence-electron chi connectivity index (χ3n) is 4.73. The fourth-order valence-electron chi connectivity index (χ4n) is 3.22. The van der Waals surface area contributed by atoms with Crippen LogP contribution >= 0.6 is 0 Å². The van der Waals surface area contributed by atoms with Crippen molar-refractivity contribution in [2.45, 2.75) is 55.9 Å². The Morgan fingerprint density at radius 2 is 1.77 bits per heavy atom. The molecule has 6 heteroatoms. The van der Waals surface area contributed by atoms with Crippen LogP contribution in [0, 0.1) is 6.92 Å². The first kappa shape index (κ1) is 19.0. The molecule has 0 heterocycles. The minimum absolute atomic E-state index is 0.197. The number of nitrogens with one attached hydrogen (secondary N) is 1. The Morgan fingerprint density at radius 3 is 2.46 bits per heavy atom. The van der Waals surface area contributed by atoms with E-state index in [0.29, 0.717) is 19.4 Å². The normalized spacial score (nSPS) is 23.7. The number of sulfonamides is 1. The van der Waals surface area contributed by atoms with Gasteiger partial charge in [0.05, 0.1) is 29.8 Å². The number of rotatable bonds is 6. The molecule has 3 atom stereocenters. The summed E-state index contributed by atoms with van der Waals surface area (Å²) in [5.41, 5.74) is 2.01. The molecule has 1 aliphatic carbocycles. The average Bonchev–Trinajstić information content (AvgIpc) is 2.63. The number of ether oxygens (including phenoxy) is 1. The lowest BCUT2D eigenvalue weighted by molar-refractivity contribution is -0.0446. The van der Waals surface area contributed by atoms with Crippen molar-refractivity contribution >= 4 is 10.0 Å². The molecule has 26 heavy (non-hydrogen) atoms. The minimum atomic E-state index is -3.72. The molecule has 0 saturated heterocycles. The van der Waals surface area contributed by atoms with Gasteiger partial charge in [0.25, 0.3) is 0 Å². The van der Waals surface area contributed by atoms with Crippen molar-refractivity contribution in [2.75, 3.05) is 0 Å². The third kappa shape index (κ3) is 4.71. The molecular weight excluding hydrogens is 350 g/mol. The Balaban J connectivity index is 1.72. The van der Waals surface area contributed by atoms with Crippen molar-refractivity contribution < 1.29 is 18.3 Å². The molecule has 0 aromatic heterocycles. The molecule has 1 saturated carbocycles.